The SMILES string of the molecule is COc1cc(OC)cc([C@H](NC(=O)c2cc(-c3ccccc3)nn2-c2ccccc2)c2nccn2C)c1. The number of nitrogens with one attached hydrogen (secondary N) is 1. The first-order valence-electron chi connectivity index (χ1n) is 11.8. The van der Waals surface area contributed by atoms with Crippen molar-refractivity contribution in [3.05, 3.63) is 114 Å². The summed E-state index contributed by atoms with van der Waals surface area (Å²) in [6.07, 6.45) is 3.54. The molecule has 0 spiro atoms. The van der Waals surface area contributed by atoms with Crippen LogP contribution in [0.2, 0.25) is 0 Å². The quantitative estimate of drug-likeness (QED) is 0.335. The van der Waals surface area contributed by atoms with Crippen LogP contribution in [0.4, 0.5) is 0 Å². The predicted octanol–water partition coefficient (Wildman–Crippen LogP) is 4.81. The third kappa shape index (κ3) is 4.95. The molecule has 0 aliphatic heterocycles. The molecule has 0 saturated carbocycles. The number of amides is 1. The van der Waals surface area contributed by atoms with Crippen LogP contribution in [0.15, 0.2) is 97.3 Å². The van der Waals surface area contributed by atoms with Crippen LogP contribution in [-0.2, 0) is 7.05 Å². The van der Waals surface area contributed by atoms with Crippen molar-refractivity contribution >= 4 is 5.91 Å². The molecule has 1 amide bonds. The molecule has 0 aliphatic rings. The number of benzene rings is 3. The van der Waals surface area contributed by atoms with Crippen molar-refractivity contribution < 1.29 is 14.3 Å². The van der Waals surface area contributed by atoms with E-state index < -0.39 is 6.04 Å². The van der Waals surface area contributed by atoms with Gasteiger partial charge in [0.2, 0.25) is 0 Å². The summed E-state index contributed by atoms with van der Waals surface area (Å²) in [6.45, 7) is 0. The molecule has 2 heterocycles. The second-order valence-corrected chi connectivity index (χ2v) is 8.48. The van der Waals surface area contributed by atoms with Gasteiger partial charge in [0.25, 0.3) is 5.91 Å². The molecule has 1 atom stereocenters. The van der Waals surface area contributed by atoms with Crippen molar-refractivity contribution in [1.29, 1.82) is 0 Å². The first-order chi connectivity index (χ1) is 18.1. The third-order valence-corrected chi connectivity index (χ3v) is 6.11. The van der Waals surface area contributed by atoms with Gasteiger partial charge in [-0.1, -0.05) is 48.5 Å². The number of para-hydroxylation sites is 1. The predicted molar refractivity (Wildman–Crippen MR) is 141 cm³/mol. The van der Waals surface area contributed by atoms with E-state index in [-0.39, 0.29) is 5.91 Å². The maximum Gasteiger partial charge on any atom is 0.270 e. The van der Waals surface area contributed by atoms with Crippen molar-refractivity contribution in [1.82, 2.24) is 24.6 Å². The maximum absolute atomic E-state index is 13.9. The van der Waals surface area contributed by atoms with Crippen molar-refractivity contribution in [2.45, 2.75) is 6.04 Å². The molecule has 1 N–H and O–H groups in total. The lowest BCUT2D eigenvalue weighted by atomic mass is 10.0. The van der Waals surface area contributed by atoms with Crippen LogP contribution >= 0.6 is 0 Å². The highest BCUT2D eigenvalue weighted by Gasteiger charge is 2.26. The molecule has 0 aliphatic carbocycles. The summed E-state index contributed by atoms with van der Waals surface area (Å²) in [7, 11) is 5.08. The zero-order valence-corrected chi connectivity index (χ0v) is 20.8. The Kier molecular flexibility index (Phi) is 6.72. The lowest BCUT2D eigenvalue weighted by Gasteiger charge is -2.21. The minimum absolute atomic E-state index is 0.298. The second kappa shape index (κ2) is 10.4. The van der Waals surface area contributed by atoms with Gasteiger partial charge >= 0.3 is 0 Å². The number of nitrogens with zero attached hydrogens (tertiary/aromatic N) is 4. The molecule has 0 unspecified atom stereocenters. The summed E-state index contributed by atoms with van der Waals surface area (Å²) in [6, 6.07) is 26.1. The maximum atomic E-state index is 13.9. The number of ether oxygens (including phenoxy) is 2. The summed E-state index contributed by atoms with van der Waals surface area (Å²) in [5.74, 6) is 1.60. The molecular formula is C29H27N5O3. The molecule has 0 bridgehead atoms. The van der Waals surface area contributed by atoms with E-state index in [1.165, 1.54) is 0 Å². The monoisotopic (exact) mass is 493 g/mol. The van der Waals surface area contributed by atoms with Crippen LogP contribution in [0.5, 0.6) is 11.5 Å². The molecule has 0 radical (unpaired) electrons. The van der Waals surface area contributed by atoms with E-state index in [9.17, 15) is 4.79 Å². The van der Waals surface area contributed by atoms with Crippen molar-refractivity contribution in [2.24, 2.45) is 7.05 Å². The van der Waals surface area contributed by atoms with Crippen LogP contribution in [-0.4, -0.2) is 39.5 Å². The number of hydrogen-bond acceptors (Lipinski definition) is 5. The van der Waals surface area contributed by atoms with E-state index in [1.54, 1.807) is 37.2 Å². The summed E-state index contributed by atoms with van der Waals surface area (Å²) in [5.41, 5.74) is 3.58. The van der Waals surface area contributed by atoms with Gasteiger partial charge in [-0.15, -0.1) is 0 Å². The van der Waals surface area contributed by atoms with Gasteiger partial charge in [0.05, 0.1) is 25.6 Å². The number of methoxy groups -OCH3 is 2. The van der Waals surface area contributed by atoms with Gasteiger partial charge in [-0.2, -0.15) is 5.10 Å². The molecular weight excluding hydrogens is 466 g/mol. The minimum atomic E-state index is -0.573. The van der Waals surface area contributed by atoms with E-state index in [0.717, 1.165) is 16.8 Å². The van der Waals surface area contributed by atoms with Gasteiger partial charge in [0.1, 0.15) is 29.1 Å². The van der Waals surface area contributed by atoms with Crippen LogP contribution in [0.1, 0.15) is 27.9 Å². The fourth-order valence-electron chi connectivity index (χ4n) is 4.21. The topological polar surface area (TPSA) is 83.2 Å². The summed E-state index contributed by atoms with van der Waals surface area (Å²) >= 11 is 0. The number of carbonyl (C=O) groups excluding carboxylic acids is 1. The number of rotatable bonds is 8. The smallest absolute Gasteiger partial charge is 0.270 e. The van der Waals surface area contributed by atoms with Gasteiger partial charge in [-0.25, -0.2) is 9.67 Å². The molecule has 186 valence electrons. The van der Waals surface area contributed by atoms with Gasteiger partial charge < -0.3 is 19.4 Å². The van der Waals surface area contributed by atoms with Crippen LogP contribution in [0.3, 0.4) is 0 Å². The Labute approximate surface area is 215 Å². The zero-order valence-electron chi connectivity index (χ0n) is 20.8. The Morgan fingerprint density at radius 1 is 0.892 bits per heavy atom. The van der Waals surface area contributed by atoms with E-state index in [1.807, 2.05) is 90.6 Å². The Morgan fingerprint density at radius 3 is 2.14 bits per heavy atom. The average molecular weight is 494 g/mol. The van der Waals surface area contributed by atoms with E-state index in [4.69, 9.17) is 14.6 Å². The van der Waals surface area contributed by atoms with Gasteiger partial charge in [-0.3, -0.25) is 4.79 Å². The molecule has 3 aromatic carbocycles. The number of hydrogen-bond donors (Lipinski definition) is 1. The lowest BCUT2D eigenvalue weighted by molar-refractivity contribution is 0.0933. The van der Waals surface area contributed by atoms with Gasteiger partial charge in [0.15, 0.2) is 0 Å². The number of aromatic nitrogens is 4. The normalized spacial score (nSPS) is 11.6. The van der Waals surface area contributed by atoms with Gasteiger partial charge in [-0.05, 0) is 35.9 Å². The first-order valence-corrected chi connectivity index (χ1v) is 11.8. The Hall–Kier alpha value is -4.85. The molecule has 37 heavy (non-hydrogen) atoms. The highest BCUT2D eigenvalue weighted by Crippen LogP contribution is 2.30. The van der Waals surface area contributed by atoms with Crippen LogP contribution in [0.25, 0.3) is 16.9 Å². The molecule has 2 aromatic heterocycles. The number of imidazole rings is 1. The molecule has 0 saturated heterocycles. The first kappa shape index (κ1) is 23.9. The van der Waals surface area contributed by atoms with Crippen molar-refractivity contribution in [3.63, 3.8) is 0 Å². The molecule has 0 fully saturated rings. The highest BCUT2D eigenvalue weighted by molar-refractivity contribution is 5.95. The molecule has 5 rings (SSSR count). The lowest BCUT2D eigenvalue weighted by Crippen LogP contribution is -2.32. The van der Waals surface area contributed by atoms with E-state index in [2.05, 4.69) is 10.3 Å². The van der Waals surface area contributed by atoms with E-state index >= 15 is 0 Å². The Balaban J connectivity index is 1.59. The Bertz CT molecular complexity index is 1490. The number of carbonyl (C=O) groups is 1. The molecule has 5 aromatic rings. The van der Waals surface area contributed by atoms with Crippen molar-refractivity contribution in [2.75, 3.05) is 14.2 Å². The van der Waals surface area contributed by atoms with Gasteiger partial charge in [0, 0.05) is 31.1 Å². The summed E-state index contributed by atoms with van der Waals surface area (Å²) in [4.78, 5) is 18.4. The van der Waals surface area contributed by atoms with Crippen LogP contribution < -0.4 is 14.8 Å². The minimum Gasteiger partial charge on any atom is -0.497 e. The standard InChI is InChI=1S/C29H27N5O3/c1-33-15-14-30-28(33)27(21-16-23(36-2)18-24(17-21)37-3)31-29(35)26-19-25(20-10-6-4-7-11-20)32-34(26)22-12-8-5-9-13-22/h4-19,27H,1-3H3,(H,31,35)/t27-/m0/s1. The Morgan fingerprint density at radius 2 is 1.54 bits per heavy atom. The highest BCUT2D eigenvalue weighted by atomic mass is 16.5. The fourth-order valence-corrected chi connectivity index (χ4v) is 4.21. The van der Waals surface area contributed by atoms with Crippen molar-refractivity contribution in [3.8, 4) is 28.4 Å². The summed E-state index contributed by atoms with van der Waals surface area (Å²) < 4.78 is 14.5. The molecule has 8 nitrogen and oxygen atoms in total. The summed E-state index contributed by atoms with van der Waals surface area (Å²) in [5, 5.41) is 7.96. The second-order valence-electron chi connectivity index (χ2n) is 8.48. The fraction of sp³-hybridized carbons (Fsp3) is 0.138. The number of aryl methyl sites for hydroxylation is 1. The third-order valence-electron chi connectivity index (χ3n) is 6.11. The molecule has 8 heteroatoms. The van der Waals surface area contributed by atoms with E-state index in [0.29, 0.717) is 28.7 Å². The largest absolute Gasteiger partial charge is 0.497 e. The zero-order chi connectivity index (χ0) is 25.8. The average Bonchev–Trinajstić information content (AvgIpc) is 3.59. The van der Waals surface area contributed by atoms with Crippen LogP contribution in [0, 0.1) is 0 Å².